The van der Waals surface area contributed by atoms with Crippen LogP contribution in [-0.4, -0.2) is 29.8 Å². The van der Waals surface area contributed by atoms with Gasteiger partial charge in [-0.25, -0.2) is 4.98 Å². The molecule has 1 amide bonds. The van der Waals surface area contributed by atoms with Gasteiger partial charge in [0, 0.05) is 59.3 Å². The molecule has 0 unspecified atom stereocenters. The van der Waals surface area contributed by atoms with Crippen molar-refractivity contribution >= 4 is 23.2 Å². The second-order valence-corrected chi connectivity index (χ2v) is 10.3. The number of pyridine rings is 1. The van der Waals surface area contributed by atoms with E-state index in [2.05, 4.69) is 72.5 Å². The molecule has 35 heavy (non-hydrogen) atoms. The van der Waals surface area contributed by atoms with Crippen LogP contribution in [0, 0.1) is 12.3 Å². The maximum atomic E-state index is 13.7. The first kappa shape index (κ1) is 24.7. The predicted octanol–water partition coefficient (Wildman–Crippen LogP) is 5.48. The van der Waals surface area contributed by atoms with E-state index < -0.39 is 5.92 Å². The van der Waals surface area contributed by atoms with Crippen LogP contribution in [0.2, 0.25) is 0 Å². The van der Waals surface area contributed by atoms with Crippen LogP contribution in [0.3, 0.4) is 0 Å². The highest BCUT2D eigenvalue weighted by Crippen LogP contribution is 2.46. The number of nitrogens with zero attached hydrogens (tertiary/aromatic N) is 2. The molecule has 1 aliphatic carbocycles. The molecule has 2 aromatic rings. The lowest BCUT2D eigenvalue weighted by Crippen LogP contribution is -2.39. The van der Waals surface area contributed by atoms with Crippen LogP contribution in [0.4, 0.5) is 11.5 Å². The number of nitrogens with one attached hydrogen (secondary N) is 2. The zero-order chi connectivity index (χ0) is 25.3. The Morgan fingerprint density at radius 2 is 1.77 bits per heavy atom. The van der Waals surface area contributed by atoms with E-state index in [1.807, 2.05) is 26.0 Å². The largest absolute Gasteiger partial charge is 0.372 e. The molecule has 1 aromatic heterocycles. The molecule has 0 fully saturated rings. The number of carbonyl (C=O) groups is 2. The summed E-state index contributed by atoms with van der Waals surface area (Å²) in [4.78, 5) is 33.9. The first-order chi connectivity index (χ1) is 16.6. The minimum atomic E-state index is -0.426. The standard InChI is InChI=1S/C29H36N4O2/c1-7-33(8-2)21-14-12-20(13-15-21)26-25(28(35)32-24-11-9-10-18(3)30-24)19(4)31-22-16-29(5,6)17-23(34)27(22)26/h9-15,26,31H,7-8,16-17H2,1-6H3,(H,30,32,35)/t26-/m1/s1. The van der Waals surface area contributed by atoms with E-state index in [9.17, 15) is 9.59 Å². The van der Waals surface area contributed by atoms with Crippen LogP contribution in [0.5, 0.6) is 0 Å². The summed E-state index contributed by atoms with van der Waals surface area (Å²) < 4.78 is 0. The summed E-state index contributed by atoms with van der Waals surface area (Å²) in [6.45, 7) is 14.2. The highest BCUT2D eigenvalue weighted by atomic mass is 16.2. The Bertz CT molecular complexity index is 1200. The fraction of sp³-hybridized carbons (Fsp3) is 0.414. The molecule has 2 heterocycles. The Labute approximate surface area is 208 Å². The van der Waals surface area contributed by atoms with Gasteiger partial charge in [0.05, 0.1) is 0 Å². The van der Waals surface area contributed by atoms with Gasteiger partial charge in [0.25, 0.3) is 5.91 Å². The normalized spacial score (nSPS) is 19.3. The van der Waals surface area contributed by atoms with Crippen molar-refractivity contribution < 1.29 is 9.59 Å². The molecule has 0 radical (unpaired) electrons. The quantitative estimate of drug-likeness (QED) is 0.582. The highest BCUT2D eigenvalue weighted by Gasteiger charge is 2.42. The Kier molecular flexibility index (Phi) is 6.84. The summed E-state index contributed by atoms with van der Waals surface area (Å²) in [6, 6.07) is 13.9. The first-order valence-corrected chi connectivity index (χ1v) is 12.5. The van der Waals surface area contributed by atoms with Crippen LogP contribution >= 0.6 is 0 Å². The number of amides is 1. The van der Waals surface area contributed by atoms with Gasteiger partial charge < -0.3 is 15.5 Å². The third kappa shape index (κ3) is 5.02. The molecule has 1 aromatic carbocycles. The van der Waals surface area contributed by atoms with Crippen molar-refractivity contribution in [3.05, 3.63) is 76.3 Å². The summed E-state index contributed by atoms with van der Waals surface area (Å²) in [5, 5.41) is 6.40. The van der Waals surface area contributed by atoms with Gasteiger partial charge in [-0.05, 0) is 69.4 Å². The van der Waals surface area contributed by atoms with Crippen LogP contribution in [0.25, 0.3) is 0 Å². The molecule has 184 valence electrons. The van der Waals surface area contributed by atoms with Crippen LogP contribution in [-0.2, 0) is 9.59 Å². The number of aromatic nitrogens is 1. The second kappa shape index (κ2) is 9.68. The zero-order valence-corrected chi connectivity index (χ0v) is 21.7. The van der Waals surface area contributed by atoms with E-state index in [1.54, 1.807) is 6.07 Å². The molecule has 1 aliphatic heterocycles. The molecule has 0 spiro atoms. The molecule has 6 heteroatoms. The smallest absolute Gasteiger partial charge is 0.255 e. The van der Waals surface area contributed by atoms with Gasteiger partial charge in [-0.2, -0.15) is 0 Å². The number of hydrogen-bond acceptors (Lipinski definition) is 5. The van der Waals surface area contributed by atoms with Crippen molar-refractivity contribution in [2.75, 3.05) is 23.3 Å². The molecule has 0 saturated carbocycles. The second-order valence-electron chi connectivity index (χ2n) is 10.3. The van der Waals surface area contributed by atoms with Gasteiger partial charge >= 0.3 is 0 Å². The number of aryl methyl sites for hydroxylation is 1. The van der Waals surface area contributed by atoms with Gasteiger partial charge in [-0.15, -0.1) is 0 Å². The van der Waals surface area contributed by atoms with Gasteiger partial charge in [0.2, 0.25) is 0 Å². The van der Waals surface area contributed by atoms with E-state index in [1.165, 1.54) is 0 Å². The molecule has 4 rings (SSSR count). The molecule has 2 aliphatic rings. The van der Waals surface area contributed by atoms with E-state index in [4.69, 9.17) is 0 Å². The molecule has 0 saturated heterocycles. The number of hydrogen-bond donors (Lipinski definition) is 2. The monoisotopic (exact) mass is 472 g/mol. The third-order valence-electron chi connectivity index (χ3n) is 6.97. The van der Waals surface area contributed by atoms with E-state index in [0.717, 1.165) is 47.8 Å². The predicted molar refractivity (Wildman–Crippen MR) is 141 cm³/mol. The lowest BCUT2D eigenvalue weighted by Gasteiger charge is -2.39. The Balaban J connectivity index is 1.79. The number of carbonyl (C=O) groups excluding carboxylic acids is 2. The summed E-state index contributed by atoms with van der Waals surface area (Å²) >= 11 is 0. The Morgan fingerprint density at radius 3 is 2.40 bits per heavy atom. The number of benzene rings is 1. The lowest BCUT2D eigenvalue weighted by atomic mass is 9.68. The van der Waals surface area contributed by atoms with Crippen LogP contribution in [0.1, 0.15) is 64.6 Å². The van der Waals surface area contributed by atoms with E-state index in [0.29, 0.717) is 23.4 Å². The van der Waals surface area contributed by atoms with Crippen molar-refractivity contribution in [2.24, 2.45) is 5.41 Å². The molecular formula is C29H36N4O2. The average Bonchev–Trinajstić information content (AvgIpc) is 2.78. The number of Topliss-reactive ketones (excluding diaryl/α,β-unsaturated/α-hetero) is 1. The Morgan fingerprint density at radius 1 is 1.09 bits per heavy atom. The van der Waals surface area contributed by atoms with Crippen molar-refractivity contribution in [1.82, 2.24) is 10.3 Å². The van der Waals surface area contributed by atoms with E-state index in [-0.39, 0.29) is 17.1 Å². The molecular weight excluding hydrogens is 436 g/mol. The minimum absolute atomic E-state index is 0.105. The van der Waals surface area contributed by atoms with Crippen molar-refractivity contribution in [1.29, 1.82) is 0 Å². The lowest BCUT2D eigenvalue weighted by molar-refractivity contribution is -0.118. The maximum Gasteiger partial charge on any atom is 0.255 e. The average molecular weight is 473 g/mol. The summed E-state index contributed by atoms with van der Waals surface area (Å²) in [6.07, 6.45) is 1.24. The maximum absolute atomic E-state index is 13.7. The van der Waals surface area contributed by atoms with Crippen molar-refractivity contribution in [3.63, 3.8) is 0 Å². The number of allylic oxidation sites excluding steroid dienone is 3. The van der Waals surface area contributed by atoms with Crippen molar-refractivity contribution in [2.45, 2.75) is 60.3 Å². The highest BCUT2D eigenvalue weighted by molar-refractivity contribution is 6.09. The number of rotatable bonds is 6. The molecule has 2 N–H and O–H groups in total. The summed E-state index contributed by atoms with van der Waals surface area (Å²) in [5.41, 5.74) is 5.78. The molecule has 0 bridgehead atoms. The first-order valence-electron chi connectivity index (χ1n) is 12.5. The van der Waals surface area contributed by atoms with E-state index >= 15 is 0 Å². The van der Waals surface area contributed by atoms with Gasteiger partial charge in [-0.3, -0.25) is 9.59 Å². The fourth-order valence-electron chi connectivity index (χ4n) is 5.33. The number of ketones is 1. The van der Waals surface area contributed by atoms with Gasteiger partial charge in [-0.1, -0.05) is 32.0 Å². The molecule has 1 atom stereocenters. The van der Waals surface area contributed by atoms with Crippen LogP contribution in [0.15, 0.2) is 65.0 Å². The molecule has 6 nitrogen and oxygen atoms in total. The van der Waals surface area contributed by atoms with Crippen molar-refractivity contribution in [3.8, 4) is 0 Å². The van der Waals surface area contributed by atoms with Gasteiger partial charge in [0.1, 0.15) is 5.82 Å². The zero-order valence-electron chi connectivity index (χ0n) is 21.7. The minimum Gasteiger partial charge on any atom is -0.372 e. The SMILES string of the molecule is CCN(CC)c1ccc([C@@H]2C(C(=O)Nc3cccc(C)n3)=C(C)NC3=C2C(=O)CC(C)(C)C3)cc1. The van der Waals surface area contributed by atoms with Crippen LogP contribution < -0.4 is 15.5 Å². The Hall–Kier alpha value is -3.41. The topological polar surface area (TPSA) is 74.3 Å². The fourth-order valence-corrected chi connectivity index (χ4v) is 5.33. The summed E-state index contributed by atoms with van der Waals surface area (Å²) in [7, 11) is 0. The number of dihydropyridines is 1. The summed E-state index contributed by atoms with van der Waals surface area (Å²) in [5.74, 6) is -0.0598. The number of anilines is 2. The third-order valence-corrected chi connectivity index (χ3v) is 6.97. The van der Waals surface area contributed by atoms with Gasteiger partial charge in [0.15, 0.2) is 5.78 Å².